The van der Waals surface area contributed by atoms with E-state index >= 15 is 0 Å². The number of aliphatic carboxylic acids is 2. The molecule has 0 fully saturated rings. The molecule has 0 aliphatic rings. The average Bonchev–Trinajstić information content (AvgIpc) is 2.46. The second-order valence-corrected chi connectivity index (χ2v) is 5.93. The van der Waals surface area contributed by atoms with Gasteiger partial charge in [-0.2, -0.15) is 0 Å². The number of aliphatic imine (C=N–C) groups is 1. The van der Waals surface area contributed by atoms with E-state index in [9.17, 15) is 0 Å². The van der Waals surface area contributed by atoms with Crippen LogP contribution in [0.25, 0.3) is 0 Å². The van der Waals surface area contributed by atoms with Gasteiger partial charge in [0.15, 0.2) is 0 Å². The predicted molar refractivity (Wildman–Crippen MR) is 94.1 cm³/mol. The summed E-state index contributed by atoms with van der Waals surface area (Å²) in [6.07, 6.45) is 1.86. The average molecular weight is 486 g/mol. The zero-order valence-electron chi connectivity index (χ0n) is 13.0. The third-order valence-electron chi connectivity index (χ3n) is 2.07. The van der Waals surface area contributed by atoms with E-state index in [-0.39, 0.29) is 0 Å². The molecule has 0 atom stereocenters. The van der Waals surface area contributed by atoms with Crippen LogP contribution in [0.15, 0.2) is 58.0 Å². The van der Waals surface area contributed by atoms with Crippen LogP contribution >= 0.6 is 15.9 Å². The number of halogens is 1. The van der Waals surface area contributed by atoms with E-state index in [0.29, 0.717) is 0 Å². The Morgan fingerprint density at radius 2 is 1.50 bits per heavy atom. The molecule has 2 N–H and O–H groups in total. The van der Waals surface area contributed by atoms with Crippen LogP contribution in [0, 0.1) is 0 Å². The van der Waals surface area contributed by atoms with Gasteiger partial charge in [0.2, 0.25) is 0 Å². The van der Waals surface area contributed by atoms with Crippen molar-refractivity contribution in [2.75, 3.05) is 0 Å². The molecular weight excluding hydrogens is 469 g/mol. The Hall–Kier alpha value is -1.81. The van der Waals surface area contributed by atoms with Crippen molar-refractivity contribution >= 4 is 43.8 Å². The summed E-state index contributed by atoms with van der Waals surface area (Å²) in [4.78, 5) is 22.4. The van der Waals surface area contributed by atoms with Gasteiger partial charge in [-0.25, -0.2) is 0 Å². The van der Waals surface area contributed by atoms with Crippen molar-refractivity contribution < 1.29 is 39.0 Å². The van der Waals surface area contributed by atoms with Gasteiger partial charge in [-0.15, -0.1) is 0 Å². The molecule has 0 aliphatic carbocycles. The monoisotopic (exact) mass is 484 g/mol. The number of hydrogen-bond donors (Lipinski definition) is 2. The summed E-state index contributed by atoms with van der Waals surface area (Å²) in [7, 11) is 0. The largest absolute Gasteiger partial charge is 0.481 e. The second kappa shape index (κ2) is 12.6. The van der Waals surface area contributed by atoms with E-state index in [0.717, 1.165) is 33.6 Å². The molecule has 0 aliphatic heterocycles. The third kappa shape index (κ3) is 11.7. The van der Waals surface area contributed by atoms with Crippen molar-refractivity contribution in [1.29, 1.82) is 0 Å². The standard InChI is InChI=1S/C13H9BrN.2C2H4O2.Pd/c14-13-9-5-4-6-11(13)10-15-12-7-2-1-3-8-12;2*1-2(3)4;/h1-5,7-10H;2*1H3,(H,3,4);. The summed E-state index contributed by atoms with van der Waals surface area (Å²) in [5.74, 6) is -1.67. The van der Waals surface area contributed by atoms with Crippen LogP contribution < -0.4 is 4.04 Å². The van der Waals surface area contributed by atoms with Gasteiger partial charge in [-0.3, -0.25) is 9.59 Å². The van der Waals surface area contributed by atoms with E-state index in [4.69, 9.17) is 19.8 Å². The van der Waals surface area contributed by atoms with Gasteiger partial charge in [-0.05, 0) is 0 Å². The maximum atomic E-state index is 9.00. The Morgan fingerprint density at radius 1 is 1.00 bits per heavy atom. The van der Waals surface area contributed by atoms with E-state index in [1.165, 1.54) is 0 Å². The Bertz CT molecular complexity index is 650. The fourth-order valence-electron chi connectivity index (χ4n) is 1.27. The zero-order chi connectivity index (χ0) is 18.5. The second-order valence-electron chi connectivity index (χ2n) is 4.23. The third-order valence-corrected chi connectivity index (χ3v) is 3.44. The molecule has 0 radical (unpaired) electrons. The zero-order valence-corrected chi connectivity index (χ0v) is 16.2. The van der Waals surface area contributed by atoms with Crippen LogP contribution in [0.5, 0.6) is 0 Å². The van der Waals surface area contributed by atoms with Crippen LogP contribution in [0.3, 0.4) is 0 Å². The number of para-hydroxylation sites is 1. The van der Waals surface area contributed by atoms with Crippen molar-refractivity contribution in [1.82, 2.24) is 0 Å². The number of carboxylic acid groups (broad SMARTS) is 2. The minimum Gasteiger partial charge on any atom is -0.481 e. The number of carbonyl (C=O) groups is 2. The van der Waals surface area contributed by atoms with Gasteiger partial charge in [0.1, 0.15) is 0 Å². The van der Waals surface area contributed by atoms with Gasteiger partial charge in [0, 0.05) is 13.8 Å². The first kappa shape index (κ1) is 22.2. The molecule has 2 aromatic carbocycles. The Kier molecular flexibility index (Phi) is 11.6. The van der Waals surface area contributed by atoms with E-state index < -0.39 is 11.9 Å². The maximum Gasteiger partial charge on any atom is 0.300 e. The summed E-state index contributed by atoms with van der Waals surface area (Å²) in [6.45, 7) is 2.17. The van der Waals surface area contributed by atoms with E-state index in [1.54, 1.807) is 0 Å². The number of rotatable bonds is 2. The van der Waals surface area contributed by atoms with Crippen LogP contribution in [0.1, 0.15) is 19.4 Å². The van der Waals surface area contributed by atoms with Gasteiger partial charge in [0.05, 0.1) is 0 Å². The van der Waals surface area contributed by atoms with E-state index in [1.807, 2.05) is 54.7 Å². The molecule has 24 heavy (non-hydrogen) atoms. The van der Waals surface area contributed by atoms with Crippen molar-refractivity contribution in [3.63, 3.8) is 0 Å². The Labute approximate surface area is 160 Å². The molecule has 0 spiro atoms. The quantitative estimate of drug-likeness (QED) is 0.503. The molecule has 5 nitrogen and oxygen atoms in total. The molecular formula is C17H17BrNO4Pd. The molecule has 0 saturated heterocycles. The van der Waals surface area contributed by atoms with Crippen LogP contribution in [-0.2, 0) is 28.8 Å². The first-order chi connectivity index (χ1) is 11.2. The van der Waals surface area contributed by atoms with Gasteiger partial charge < -0.3 is 10.2 Å². The van der Waals surface area contributed by atoms with Crippen molar-refractivity contribution in [3.8, 4) is 0 Å². The maximum absolute atomic E-state index is 9.00. The first-order valence-corrected chi connectivity index (χ1v) is 8.20. The molecule has 0 bridgehead atoms. The minimum atomic E-state index is -0.833. The van der Waals surface area contributed by atoms with Gasteiger partial charge >= 0.3 is 115 Å². The summed E-state index contributed by atoms with van der Waals surface area (Å²) in [6, 6.07) is 15.9. The Balaban J connectivity index is 0.000000558. The SMILES string of the molecule is Brc1ccc[c]([Pd])c1C=Nc1ccccc1.CC(=O)O.CC(=O)O. The van der Waals surface area contributed by atoms with Crippen LogP contribution in [-0.4, -0.2) is 28.4 Å². The smallest absolute Gasteiger partial charge is 0.300 e. The molecule has 0 aromatic heterocycles. The molecule has 0 amide bonds. The summed E-state index contributed by atoms with van der Waals surface area (Å²) in [5, 5.41) is 14.8. The normalized spacial score (nSPS) is 9.38. The Morgan fingerprint density at radius 3 is 1.96 bits per heavy atom. The molecule has 0 heterocycles. The molecule has 131 valence electrons. The fraction of sp³-hybridized carbons (Fsp3) is 0.118. The molecule has 7 heteroatoms. The predicted octanol–water partition coefficient (Wildman–Crippen LogP) is 3.55. The molecule has 2 rings (SSSR count). The van der Waals surface area contributed by atoms with Crippen molar-refractivity contribution in [2.45, 2.75) is 13.8 Å². The first-order valence-electron chi connectivity index (χ1n) is 6.63. The van der Waals surface area contributed by atoms with Crippen molar-refractivity contribution in [2.24, 2.45) is 4.99 Å². The fourth-order valence-corrected chi connectivity index (χ4v) is 2.45. The van der Waals surface area contributed by atoms with Gasteiger partial charge in [0.25, 0.3) is 11.9 Å². The number of nitrogens with zero attached hydrogens (tertiary/aromatic N) is 1. The topological polar surface area (TPSA) is 87.0 Å². The van der Waals surface area contributed by atoms with Crippen LogP contribution in [0.2, 0.25) is 0 Å². The summed E-state index contributed by atoms with van der Waals surface area (Å²) >= 11 is 6.72. The molecule has 2 aromatic rings. The molecule has 0 unspecified atom stereocenters. The number of hydrogen-bond acceptors (Lipinski definition) is 3. The van der Waals surface area contributed by atoms with Crippen molar-refractivity contribution in [3.05, 3.63) is 58.6 Å². The minimum absolute atomic E-state index is 0.833. The van der Waals surface area contributed by atoms with Gasteiger partial charge in [-0.1, -0.05) is 0 Å². The number of benzene rings is 2. The number of carboxylic acids is 2. The summed E-state index contributed by atoms with van der Waals surface area (Å²) < 4.78 is 2.11. The van der Waals surface area contributed by atoms with E-state index in [2.05, 4.69) is 40.1 Å². The summed E-state index contributed by atoms with van der Waals surface area (Å²) in [5.41, 5.74) is 2.02. The van der Waals surface area contributed by atoms with Crippen LogP contribution in [0.4, 0.5) is 5.69 Å². The molecule has 0 saturated carbocycles.